The summed E-state index contributed by atoms with van der Waals surface area (Å²) in [6.07, 6.45) is 7.82. The van der Waals surface area contributed by atoms with Gasteiger partial charge in [0.2, 0.25) is 0 Å². The van der Waals surface area contributed by atoms with E-state index >= 15 is 0 Å². The van der Waals surface area contributed by atoms with Crippen LogP contribution in [0.5, 0.6) is 0 Å². The van der Waals surface area contributed by atoms with Crippen LogP contribution in [-0.2, 0) is 0 Å². The van der Waals surface area contributed by atoms with E-state index in [-0.39, 0.29) is 5.82 Å². The molecule has 0 N–H and O–H groups in total. The van der Waals surface area contributed by atoms with Gasteiger partial charge in [-0.1, -0.05) is 58.6 Å². The summed E-state index contributed by atoms with van der Waals surface area (Å²) in [6, 6.07) is 7.29. The van der Waals surface area contributed by atoms with E-state index in [0.29, 0.717) is 11.3 Å². The summed E-state index contributed by atoms with van der Waals surface area (Å²) < 4.78 is 13.2. The minimum Gasteiger partial charge on any atom is -0.207 e. The second-order valence-corrected chi connectivity index (χ2v) is 6.43. The lowest BCUT2D eigenvalue weighted by molar-refractivity contribution is 0.173. The molecule has 1 saturated carbocycles. The first-order valence-corrected chi connectivity index (χ1v) is 7.86. The van der Waals surface area contributed by atoms with Gasteiger partial charge in [0, 0.05) is 0 Å². The van der Waals surface area contributed by atoms with E-state index < -0.39 is 0 Å². The van der Waals surface area contributed by atoms with Crippen LogP contribution in [-0.4, -0.2) is 0 Å². The van der Waals surface area contributed by atoms with E-state index in [1.54, 1.807) is 12.1 Å². The minimum absolute atomic E-state index is 0.122. The number of hydrogen-bond acceptors (Lipinski definition) is 0. The van der Waals surface area contributed by atoms with E-state index in [1.165, 1.54) is 44.1 Å². The average molecular weight is 262 g/mol. The summed E-state index contributed by atoms with van der Waals surface area (Å²) in [6.45, 7) is 7.02. The maximum absolute atomic E-state index is 13.2. The van der Waals surface area contributed by atoms with Crippen LogP contribution < -0.4 is 0 Å². The Kier molecular flexibility index (Phi) is 4.65. The van der Waals surface area contributed by atoms with Crippen molar-refractivity contribution >= 4 is 0 Å². The zero-order valence-electron chi connectivity index (χ0n) is 12.6. The molecule has 1 aliphatic rings. The van der Waals surface area contributed by atoms with Crippen molar-refractivity contribution in [1.82, 2.24) is 0 Å². The Balaban J connectivity index is 2.35. The molecule has 1 aromatic carbocycles. The second kappa shape index (κ2) is 6.07. The molecule has 0 spiro atoms. The molecule has 0 radical (unpaired) electrons. The quantitative estimate of drug-likeness (QED) is 0.617. The number of benzene rings is 1. The highest BCUT2D eigenvalue weighted by atomic mass is 19.1. The molecule has 1 unspecified atom stereocenters. The van der Waals surface area contributed by atoms with E-state index in [9.17, 15) is 4.39 Å². The predicted octanol–water partition coefficient (Wildman–Crippen LogP) is 5.93. The molecule has 1 fully saturated rings. The molecule has 0 saturated heterocycles. The van der Waals surface area contributed by atoms with Gasteiger partial charge in [-0.3, -0.25) is 0 Å². The van der Waals surface area contributed by atoms with Crippen molar-refractivity contribution < 1.29 is 4.39 Å². The third-order valence-electron chi connectivity index (χ3n) is 5.47. The SMILES string of the molecule is CCC(C)(CC)C(c1ccc(F)cc1)C1CCCC1. The Morgan fingerprint density at radius 3 is 2.11 bits per heavy atom. The van der Waals surface area contributed by atoms with Crippen molar-refractivity contribution in [1.29, 1.82) is 0 Å². The van der Waals surface area contributed by atoms with Crippen LogP contribution in [0, 0.1) is 17.2 Å². The van der Waals surface area contributed by atoms with E-state index in [0.717, 1.165) is 5.92 Å². The molecule has 0 heterocycles. The Labute approximate surface area is 117 Å². The molecule has 1 aliphatic carbocycles. The molecule has 0 aromatic heterocycles. The van der Waals surface area contributed by atoms with Gasteiger partial charge >= 0.3 is 0 Å². The predicted molar refractivity (Wildman–Crippen MR) is 79.8 cm³/mol. The van der Waals surface area contributed by atoms with Gasteiger partial charge in [-0.2, -0.15) is 0 Å². The molecule has 0 bridgehead atoms. The fourth-order valence-electron chi connectivity index (χ4n) is 3.89. The topological polar surface area (TPSA) is 0 Å². The lowest BCUT2D eigenvalue weighted by Gasteiger charge is -2.40. The zero-order valence-corrected chi connectivity index (χ0v) is 12.6. The standard InChI is InChI=1S/C18H27F/c1-4-18(3,5-2)17(14-8-6-7-9-14)15-10-12-16(19)13-11-15/h10-14,17H,4-9H2,1-3H3. The van der Waals surface area contributed by atoms with Crippen molar-refractivity contribution in [2.24, 2.45) is 11.3 Å². The van der Waals surface area contributed by atoms with Gasteiger partial charge in [0.05, 0.1) is 0 Å². The van der Waals surface area contributed by atoms with E-state index in [2.05, 4.69) is 20.8 Å². The Bertz CT molecular complexity index is 383. The largest absolute Gasteiger partial charge is 0.207 e. The van der Waals surface area contributed by atoms with Crippen molar-refractivity contribution in [2.75, 3.05) is 0 Å². The fraction of sp³-hybridized carbons (Fsp3) is 0.667. The van der Waals surface area contributed by atoms with Crippen LogP contribution in [0.25, 0.3) is 0 Å². The van der Waals surface area contributed by atoms with Crippen molar-refractivity contribution in [3.05, 3.63) is 35.6 Å². The van der Waals surface area contributed by atoms with Crippen LogP contribution in [0.3, 0.4) is 0 Å². The van der Waals surface area contributed by atoms with Crippen LogP contribution >= 0.6 is 0 Å². The number of rotatable bonds is 5. The van der Waals surface area contributed by atoms with Gasteiger partial charge in [-0.15, -0.1) is 0 Å². The monoisotopic (exact) mass is 262 g/mol. The first kappa shape index (κ1) is 14.6. The van der Waals surface area contributed by atoms with E-state index in [4.69, 9.17) is 0 Å². The van der Waals surface area contributed by atoms with Crippen LogP contribution in [0.4, 0.5) is 4.39 Å². The van der Waals surface area contributed by atoms with Crippen LogP contribution in [0.2, 0.25) is 0 Å². The first-order valence-electron chi connectivity index (χ1n) is 7.86. The zero-order chi connectivity index (χ0) is 13.9. The van der Waals surface area contributed by atoms with Gasteiger partial charge in [0.1, 0.15) is 5.82 Å². The Morgan fingerprint density at radius 1 is 1.11 bits per heavy atom. The highest BCUT2D eigenvalue weighted by molar-refractivity contribution is 5.24. The minimum atomic E-state index is -0.122. The Hall–Kier alpha value is -0.850. The van der Waals surface area contributed by atoms with Gasteiger partial charge in [0.25, 0.3) is 0 Å². The average Bonchev–Trinajstić information content (AvgIpc) is 2.94. The number of halogens is 1. The van der Waals surface area contributed by atoms with Gasteiger partial charge in [-0.25, -0.2) is 4.39 Å². The summed E-state index contributed by atoms with van der Waals surface area (Å²) in [5, 5.41) is 0. The van der Waals surface area contributed by atoms with Crippen LogP contribution in [0.15, 0.2) is 24.3 Å². The molecule has 1 atom stereocenters. The lowest BCUT2D eigenvalue weighted by Crippen LogP contribution is -2.29. The third-order valence-corrected chi connectivity index (χ3v) is 5.47. The molecule has 106 valence electrons. The molecule has 0 aliphatic heterocycles. The van der Waals surface area contributed by atoms with Crippen LogP contribution in [0.1, 0.15) is 70.8 Å². The summed E-state index contributed by atoms with van der Waals surface area (Å²) in [5.74, 6) is 1.25. The molecule has 0 amide bonds. The molecular weight excluding hydrogens is 235 g/mol. The molecule has 19 heavy (non-hydrogen) atoms. The molecule has 1 aromatic rings. The maximum atomic E-state index is 13.2. The molecule has 1 heteroatoms. The van der Waals surface area contributed by atoms with Gasteiger partial charge < -0.3 is 0 Å². The summed E-state index contributed by atoms with van der Waals surface area (Å²) in [5.41, 5.74) is 1.69. The van der Waals surface area contributed by atoms with Gasteiger partial charge in [-0.05, 0) is 47.8 Å². The maximum Gasteiger partial charge on any atom is 0.123 e. The molecular formula is C18H27F. The summed E-state index contributed by atoms with van der Waals surface area (Å²) in [7, 11) is 0. The third kappa shape index (κ3) is 3.01. The second-order valence-electron chi connectivity index (χ2n) is 6.43. The van der Waals surface area contributed by atoms with Crippen molar-refractivity contribution in [2.45, 2.75) is 65.2 Å². The molecule has 2 rings (SSSR count). The smallest absolute Gasteiger partial charge is 0.123 e. The highest BCUT2D eigenvalue weighted by Gasteiger charge is 2.38. The normalized spacial score (nSPS) is 18.7. The Morgan fingerprint density at radius 2 is 1.63 bits per heavy atom. The van der Waals surface area contributed by atoms with Gasteiger partial charge in [0.15, 0.2) is 0 Å². The van der Waals surface area contributed by atoms with Crippen molar-refractivity contribution in [3.63, 3.8) is 0 Å². The molecule has 0 nitrogen and oxygen atoms in total. The summed E-state index contributed by atoms with van der Waals surface area (Å²) in [4.78, 5) is 0. The highest BCUT2D eigenvalue weighted by Crippen LogP contribution is 2.50. The van der Waals surface area contributed by atoms with Crippen molar-refractivity contribution in [3.8, 4) is 0 Å². The summed E-state index contributed by atoms with van der Waals surface area (Å²) >= 11 is 0. The van der Waals surface area contributed by atoms with E-state index in [1.807, 2.05) is 12.1 Å². The number of hydrogen-bond donors (Lipinski definition) is 0. The first-order chi connectivity index (χ1) is 9.10. The fourth-order valence-corrected chi connectivity index (χ4v) is 3.89. The lowest BCUT2D eigenvalue weighted by atomic mass is 9.64.